The molecule has 0 unspecified atom stereocenters. The van der Waals surface area contributed by atoms with E-state index in [2.05, 4.69) is 4.98 Å². The molecule has 1 heterocycles. The minimum Gasteiger partial charge on any atom is -0.259 e. The predicted octanol–water partition coefficient (Wildman–Crippen LogP) is 0.165. The van der Waals surface area contributed by atoms with Crippen molar-refractivity contribution >= 4 is 56.1 Å². The third-order valence-electron chi connectivity index (χ3n) is 1.94. The Balaban J connectivity index is 2.95. The molecule has 1 rings (SSSR count). The molecular formula is C7H11ClN2O6S4. The lowest BCUT2D eigenvalue weighted by Gasteiger charge is -2.03. The summed E-state index contributed by atoms with van der Waals surface area (Å²) in [6, 6.07) is 0. The zero-order valence-electron chi connectivity index (χ0n) is 10.3. The van der Waals surface area contributed by atoms with Crippen molar-refractivity contribution < 1.29 is 25.3 Å². The topological polar surface area (TPSA) is 127 Å². The Hall–Kier alpha value is -0.430. The molecule has 13 heteroatoms. The Labute approximate surface area is 125 Å². The number of thiazole rings is 1. The summed E-state index contributed by atoms with van der Waals surface area (Å²) < 4.78 is 69.2. The van der Waals surface area contributed by atoms with Crippen LogP contribution in [0.15, 0.2) is 4.21 Å². The first-order valence-electron chi connectivity index (χ1n) is 4.90. The lowest BCUT2D eigenvalue weighted by molar-refractivity contribution is 0.593. The van der Waals surface area contributed by atoms with Gasteiger partial charge in [0, 0.05) is 16.9 Å². The minimum atomic E-state index is -4.01. The maximum Gasteiger partial charge on any atom is 0.272 e. The molecule has 0 fully saturated rings. The number of hydrogen-bond acceptors (Lipinski definition) is 8. The molecule has 0 radical (unpaired) electrons. The second kappa shape index (κ2) is 5.75. The van der Waals surface area contributed by atoms with Gasteiger partial charge in [-0.2, -0.15) is 0 Å². The fraction of sp³-hybridized carbons (Fsp3) is 0.571. The van der Waals surface area contributed by atoms with E-state index in [1.54, 1.807) is 0 Å². The molecular weight excluding hydrogens is 372 g/mol. The van der Waals surface area contributed by atoms with E-state index < -0.39 is 40.4 Å². The predicted molar refractivity (Wildman–Crippen MR) is 77.0 cm³/mol. The highest BCUT2D eigenvalue weighted by Crippen LogP contribution is 2.30. The summed E-state index contributed by atoms with van der Waals surface area (Å²) in [4.78, 5) is 3.72. The molecule has 0 amide bonds. The smallest absolute Gasteiger partial charge is 0.259 e. The van der Waals surface area contributed by atoms with Crippen molar-refractivity contribution in [2.75, 3.05) is 22.5 Å². The van der Waals surface area contributed by atoms with Crippen LogP contribution in [0.3, 0.4) is 0 Å². The highest BCUT2D eigenvalue weighted by molar-refractivity contribution is 8.15. The molecule has 8 nitrogen and oxygen atoms in total. The third kappa shape index (κ3) is 5.52. The van der Waals surface area contributed by atoms with Gasteiger partial charge in [-0.1, -0.05) is 11.3 Å². The summed E-state index contributed by atoms with van der Waals surface area (Å²) in [5.74, 6) is -1.19. The number of rotatable bonds is 6. The molecule has 0 spiro atoms. The van der Waals surface area contributed by atoms with Gasteiger partial charge in [-0.3, -0.25) is 4.72 Å². The van der Waals surface area contributed by atoms with E-state index in [9.17, 15) is 25.3 Å². The van der Waals surface area contributed by atoms with Crippen LogP contribution in [0.2, 0.25) is 0 Å². The number of hydrogen-bond donors (Lipinski definition) is 1. The van der Waals surface area contributed by atoms with E-state index >= 15 is 0 Å². The zero-order chi connectivity index (χ0) is 15.8. The molecule has 1 aromatic rings. The number of sulfonamides is 1. The van der Waals surface area contributed by atoms with Gasteiger partial charge < -0.3 is 0 Å². The minimum absolute atomic E-state index is 0.0609. The molecule has 1 N–H and O–H groups in total. The van der Waals surface area contributed by atoms with Gasteiger partial charge in [0.25, 0.3) is 9.05 Å². The zero-order valence-corrected chi connectivity index (χ0v) is 14.3. The van der Waals surface area contributed by atoms with Crippen molar-refractivity contribution in [2.24, 2.45) is 0 Å². The van der Waals surface area contributed by atoms with Gasteiger partial charge in [-0.05, 0) is 6.92 Å². The number of anilines is 1. The van der Waals surface area contributed by atoms with Crippen molar-refractivity contribution in [3.8, 4) is 0 Å². The van der Waals surface area contributed by atoms with Crippen LogP contribution in [0.4, 0.5) is 5.13 Å². The second-order valence-electron chi connectivity index (χ2n) is 3.88. The van der Waals surface area contributed by atoms with Gasteiger partial charge in [-0.25, -0.2) is 30.2 Å². The van der Waals surface area contributed by atoms with E-state index in [1.165, 1.54) is 6.92 Å². The first-order valence-corrected chi connectivity index (χ1v) is 11.7. The lowest BCUT2D eigenvalue weighted by Crippen LogP contribution is -2.22. The molecule has 0 aliphatic carbocycles. The lowest BCUT2D eigenvalue weighted by atomic mass is 10.6. The highest BCUT2D eigenvalue weighted by Gasteiger charge is 2.22. The van der Waals surface area contributed by atoms with E-state index in [-0.39, 0.29) is 15.0 Å². The Morgan fingerprint density at radius 3 is 2.10 bits per heavy atom. The van der Waals surface area contributed by atoms with Gasteiger partial charge in [0.15, 0.2) is 9.34 Å². The number of aromatic nitrogens is 1. The van der Waals surface area contributed by atoms with Crippen LogP contribution in [0, 0.1) is 6.92 Å². The van der Waals surface area contributed by atoms with Crippen LogP contribution >= 0.6 is 22.0 Å². The third-order valence-corrected chi connectivity index (χ3v) is 7.77. The van der Waals surface area contributed by atoms with Crippen LogP contribution in [-0.4, -0.2) is 48.0 Å². The molecule has 0 atom stereocenters. The van der Waals surface area contributed by atoms with Crippen LogP contribution in [0.1, 0.15) is 5.69 Å². The van der Waals surface area contributed by atoms with Crippen LogP contribution in [0.5, 0.6) is 0 Å². The molecule has 0 aromatic carbocycles. The van der Waals surface area contributed by atoms with Gasteiger partial charge in [0.2, 0.25) is 10.0 Å². The quantitative estimate of drug-likeness (QED) is 0.694. The van der Waals surface area contributed by atoms with Crippen molar-refractivity contribution in [1.29, 1.82) is 0 Å². The summed E-state index contributed by atoms with van der Waals surface area (Å²) in [6.45, 7) is 1.36. The molecule has 0 saturated carbocycles. The molecule has 116 valence electrons. The Bertz CT molecular complexity index is 807. The number of aryl methyl sites for hydroxylation is 1. The number of nitrogens with zero attached hydrogens (tertiary/aromatic N) is 1. The maximum atomic E-state index is 11.6. The monoisotopic (exact) mass is 382 g/mol. The standard InChI is InChI=1S/C7H11ClN2O6S4/c1-5-6(20(8,15)16)17-7(9-5)10-19(13,14)4-3-18(2,11)12/h3-4H2,1-2H3,(H,9,10). The van der Waals surface area contributed by atoms with E-state index in [0.717, 1.165) is 6.26 Å². The summed E-state index contributed by atoms with van der Waals surface area (Å²) >= 11 is 0.556. The number of halogens is 1. The van der Waals surface area contributed by atoms with E-state index in [1.807, 2.05) is 4.72 Å². The molecule has 20 heavy (non-hydrogen) atoms. The maximum absolute atomic E-state index is 11.6. The van der Waals surface area contributed by atoms with Crippen molar-refractivity contribution in [3.63, 3.8) is 0 Å². The number of nitrogens with one attached hydrogen (secondary N) is 1. The van der Waals surface area contributed by atoms with Gasteiger partial charge in [-0.15, -0.1) is 0 Å². The molecule has 0 saturated heterocycles. The van der Waals surface area contributed by atoms with Crippen LogP contribution in [-0.2, 0) is 28.9 Å². The average Bonchev–Trinajstić information content (AvgIpc) is 2.54. The van der Waals surface area contributed by atoms with Crippen LogP contribution < -0.4 is 4.72 Å². The highest BCUT2D eigenvalue weighted by atomic mass is 35.7. The Morgan fingerprint density at radius 1 is 1.15 bits per heavy atom. The second-order valence-corrected chi connectivity index (χ2v) is 11.7. The van der Waals surface area contributed by atoms with Crippen molar-refractivity contribution in [3.05, 3.63) is 5.69 Å². The van der Waals surface area contributed by atoms with Gasteiger partial charge in [0.1, 0.15) is 9.84 Å². The summed E-state index contributed by atoms with van der Waals surface area (Å²) in [5, 5.41) is -0.185. The van der Waals surface area contributed by atoms with E-state index in [0.29, 0.717) is 11.3 Å². The fourth-order valence-corrected chi connectivity index (χ4v) is 6.35. The normalized spacial score (nSPS) is 13.3. The number of sulfone groups is 1. The first-order chi connectivity index (χ1) is 8.80. The summed E-state index contributed by atoms with van der Waals surface area (Å²) in [7, 11) is -6.22. The SMILES string of the molecule is Cc1nc(NS(=O)(=O)CCS(C)(=O)=O)sc1S(=O)(=O)Cl. The first kappa shape index (κ1) is 17.6. The average molecular weight is 383 g/mol. The molecule has 1 aromatic heterocycles. The Morgan fingerprint density at radius 2 is 1.70 bits per heavy atom. The summed E-state index contributed by atoms with van der Waals surface area (Å²) in [6.07, 6.45) is 0.911. The molecule has 0 aliphatic heterocycles. The largest absolute Gasteiger partial charge is 0.272 e. The molecule has 0 bridgehead atoms. The van der Waals surface area contributed by atoms with Crippen molar-refractivity contribution in [2.45, 2.75) is 11.1 Å². The van der Waals surface area contributed by atoms with E-state index in [4.69, 9.17) is 10.7 Å². The molecule has 0 aliphatic rings. The van der Waals surface area contributed by atoms with Crippen LogP contribution in [0.25, 0.3) is 0 Å². The fourth-order valence-electron chi connectivity index (χ4n) is 1.10. The van der Waals surface area contributed by atoms with Gasteiger partial charge >= 0.3 is 0 Å². The van der Waals surface area contributed by atoms with Gasteiger partial charge in [0.05, 0.1) is 17.2 Å². The Kier molecular flexibility index (Phi) is 5.07. The summed E-state index contributed by atoms with van der Waals surface area (Å²) in [5.41, 5.74) is 0.0609. The van der Waals surface area contributed by atoms with Crippen molar-refractivity contribution in [1.82, 2.24) is 4.98 Å².